The summed E-state index contributed by atoms with van der Waals surface area (Å²) in [5, 5.41) is 10.1. The molecule has 0 saturated heterocycles. The zero-order valence-corrected chi connectivity index (χ0v) is 13.0. The second kappa shape index (κ2) is 6.50. The minimum Gasteiger partial charge on any atom is -0.360 e. The van der Waals surface area contributed by atoms with Crippen LogP contribution in [0.5, 0.6) is 0 Å². The van der Waals surface area contributed by atoms with Crippen molar-refractivity contribution in [2.75, 3.05) is 10.6 Å². The van der Waals surface area contributed by atoms with Gasteiger partial charge in [0.15, 0.2) is 5.82 Å². The van der Waals surface area contributed by atoms with Crippen molar-refractivity contribution in [2.24, 2.45) is 0 Å². The summed E-state index contributed by atoms with van der Waals surface area (Å²) in [7, 11) is 0. The summed E-state index contributed by atoms with van der Waals surface area (Å²) in [6.45, 7) is 1.75. The monoisotopic (exact) mass is 328 g/mol. The van der Waals surface area contributed by atoms with Gasteiger partial charge in [-0.3, -0.25) is 4.79 Å². The van der Waals surface area contributed by atoms with Gasteiger partial charge in [0.05, 0.1) is 11.9 Å². The maximum Gasteiger partial charge on any atom is 0.275 e. The fraction of sp³-hybridized carbons (Fsp3) is 0.0625. The van der Waals surface area contributed by atoms with E-state index in [1.807, 2.05) is 12.1 Å². The minimum absolute atomic E-state index is 0.280. The normalized spacial score (nSPS) is 10.3. The highest BCUT2D eigenvalue weighted by Gasteiger charge is 2.10. The predicted molar refractivity (Wildman–Crippen MR) is 88.2 cm³/mol. The predicted octanol–water partition coefficient (Wildman–Crippen LogP) is 4.03. The van der Waals surface area contributed by atoms with Gasteiger partial charge in [0.2, 0.25) is 0 Å². The molecule has 7 heteroatoms. The van der Waals surface area contributed by atoms with Crippen molar-refractivity contribution >= 4 is 34.7 Å². The first kappa shape index (κ1) is 15.1. The van der Waals surface area contributed by atoms with E-state index >= 15 is 0 Å². The Bertz CT molecular complexity index is 830. The number of amides is 1. The molecule has 1 aromatic carbocycles. The molecule has 0 aliphatic carbocycles. The molecule has 0 fully saturated rings. The standard InChI is InChI=1S/C16H13ClN4O2/c1-10-7-15(21-23-10)20-16(22)14-6-5-13(9-18-14)19-12-4-2-3-11(17)8-12/h2-9,19H,1H3,(H,20,21,22). The van der Waals surface area contributed by atoms with Crippen LogP contribution in [-0.4, -0.2) is 16.0 Å². The molecular formula is C16H13ClN4O2. The molecule has 116 valence electrons. The Balaban J connectivity index is 1.68. The van der Waals surface area contributed by atoms with Crippen LogP contribution in [0, 0.1) is 6.92 Å². The lowest BCUT2D eigenvalue weighted by Crippen LogP contribution is -2.13. The number of aryl methyl sites for hydroxylation is 1. The number of nitrogens with zero attached hydrogens (tertiary/aromatic N) is 2. The van der Waals surface area contributed by atoms with E-state index in [-0.39, 0.29) is 11.6 Å². The third-order valence-corrected chi connectivity index (χ3v) is 3.21. The van der Waals surface area contributed by atoms with Crippen molar-refractivity contribution in [3.05, 3.63) is 65.1 Å². The van der Waals surface area contributed by atoms with E-state index in [0.717, 1.165) is 11.4 Å². The van der Waals surface area contributed by atoms with Crippen molar-refractivity contribution in [2.45, 2.75) is 6.92 Å². The molecule has 0 radical (unpaired) electrons. The second-order valence-corrected chi connectivity index (χ2v) is 5.28. The van der Waals surface area contributed by atoms with Crippen molar-refractivity contribution in [1.82, 2.24) is 10.1 Å². The largest absolute Gasteiger partial charge is 0.360 e. The van der Waals surface area contributed by atoms with Gasteiger partial charge in [0, 0.05) is 16.8 Å². The molecule has 6 nitrogen and oxygen atoms in total. The average Bonchev–Trinajstić information content (AvgIpc) is 2.93. The number of hydrogen-bond acceptors (Lipinski definition) is 5. The van der Waals surface area contributed by atoms with Gasteiger partial charge in [-0.05, 0) is 37.3 Å². The highest BCUT2D eigenvalue weighted by Crippen LogP contribution is 2.19. The van der Waals surface area contributed by atoms with Gasteiger partial charge in [0.1, 0.15) is 11.5 Å². The lowest BCUT2D eigenvalue weighted by molar-refractivity contribution is 0.102. The van der Waals surface area contributed by atoms with Crippen LogP contribution in [0.15, 0.2) is 53.2 Å². The van der Waals surface area contributed by atoms with Gasteiger partial charge in [-0.1, -0.05) is 22.8 Å². The summed E-state index contributed by atoms with van der Waals surface area (Å²) >= 11 is 5.93. The summed E-state index contributed by atoms with van der Waals surface area (Å²) in [5.41, 5.74) is 1.87. The molecule has 0 unspecified atom stereocenters. The molecule has 0 saturated carbocycles. The Morgan fingerprint density at radius 3 is 2.70 bits per heavy atom. The molecule has 0 bridgehead atoms. The van der Waals surface area contributed by atoms with Crippen molar-refractivity contribution in [3.63, 3.8) is 0 Å². The van der Waals surface area contributed by atoms with Crippen molar-refractivity contribution in [1.29, 1.82) is 0 Å². The first-order valence-electron chi connectivity index (χ1n) is 6.83. The minimum atomic E-state index is -0.354. The Kier molecular flexibility index (Phi) is 4.25. The quantitative estimate of drug-likeness (QED) is 0.756. The zero-order chi connectivity index (χ0) is 16.2. The van der Waals surface area contributed by atoms with Gasteiger partial charge in [-0.15, -0.1) is 0 Å². The Morgan fingerprint density at radius 2 is 2.04 bits per heavy atom. The van der Waals surface area contributed by atoms with Crippen LogP contribution in [-0.2, 0) is 0 Å². The number of hydrogen-bond donors (Lipinski definition) is 2. The molecule has 3 aromatic rings. The topological polar surface area (TPSA) is 80.0 Å². The molecule has 1 amide bonds. The van der Waals surface area contributed by atoms with Gasteiger partial charge in [-0.2, -0.15) is 0 Å². The number of anilines is 3. The van der Waals surface area contributed by atoms with E-state index in [2.05, 4.69) is 20.8 Å². The molecule has 0 aliphatic heterocycles. The summed E-state index contributed by atoms with van der Waals surface area (Å²) in [6, 6.07) is 12.3. The van der Waals surface area contributed by atoms with Crippen LogP contribution in [0.4, 0.5) is 17.2 Å². The number of pyridine rings is 1. The third-order valence-electron chi connectivity index (χ3n) is 2.98. The molecule has 0 aliphatic rings. The van der Waals surface area contributed by atoms with Crippen molar-refractivity contribution < 1.29 is 9.32 Å². The Hall–Kier alpha value is -2.86. The van der Waals surface area contributed by atoms with Gasteiger partial charge >= 0.3 is 0 Å². The van der Waals surface area contributed by atoms with Gasteiger partial charge < -0.3 is 15.2 Å². The maximum absolute atomic E-state index is 12.0. The fourth-order valence-electron chi connectivity index (χ4n) is 1.94. The Labute approximate surface area is 137 Å². The second-order valence-electron chi connectivity index (χ2n) is 4.84. The Morgan fingerprint density at radius 1 is 1.17 bits per heavy atom. The lowest BCUT2D eigenvalue weighted by atomic mass is 10.3. The molecule has 0 atom stereocenters. The summed E-state index contributed by atoms with van der Waals surface area (Å²) < 4.78 is 4.89. The van der Waals surface area contributed by atoms with E-state index in [9.17, 15) is 4.79 Å². The maximum atomic E-state index is 12.0. The molecule has 2 heterocycles. The SMILES string of the molecule is Cc1cc(NC(=O)c2ccc(Nc3cccc(Cl)c3)cn2)no1. The zero-order valence-electron chi connectivity index (χ0n) is 12.2. The number of halogens is 1. The highest BCUT2D eigenvalue weighted by atomic mass is 35.5. The molecular weight excluding hydrogens is 316 g/mol. The van der Waals surface area contributed by atoms with E-state index < -0.39 is 0 Å². The van der Waals surface area contributed by atoms with E-state index in [1.54, 1.807) is 43.5 Å². The number of carbonyl (C=O) groups excluding carboxylic acids is 1. The smallest absolute Gasteiger partial charge is 0.275 e. The van der Waals surface area contributed by atoms with Crippen LogP contribution >= 0.6 is 11.6 Å². The van der Waals surface area contributed by atoms with E-state index in [1.165, 1.54) is 0 Å². The average molecular weight is 329 g/mol. The summed E-state index contributed by atoms with van der Waals surface area (Å²) in [5.74, 6) is 0.623. The fourth-order valence-corrected chi connectivity index (χ4v) is 2.13. The van der Waals surface area contributed by atoms with Crippen LogP contribution in [0.3, 0.4) is 0 Å². The number of benzene rings is 1. The number of rotatable bonds is 4. The summed E-state index contributed by atoms with van der Waals surface area (Å²) in [4.78, 5) is 16.2. The number of carbonyl (C=O) groups is 1. The molecule has 23 heavy (non-hydrogen) atoms. The van der Waals surface area contributed by atoms with Gasteiger partial charge in [-0.25, -0.2) is 4.98 Å². The van der Waals surface area contributed by atoms with Crippen LogP contribution in [0.1, 0.15) is 16.2 Å². The lowest BCUT2D eigenvalue weighted by Gasteiger charge is -2.07. The van der Waals surface area contributed by atoms with Crippen LogP contribution in [0.25, 0.3) is 0 Å². The number of nitrogens with one attached hydrogen (secondary N) is 2. The van der Waals surface area contributed by atoms with E-state index in [4.69, 9.17) is 16.1 Å². The van der Waals surface area contributed by atoms with Crippen molar-refractivity contribution in [3.8, 4) is 0 Å². The first-order chi connectivity index (χ1) is 11.1. The molecule has 3 rings (SSSR count). The molecule has 2 aromatic heterocycles. The molecule has 2 N–H and O–H groups in total. The number of aromatic nitrogens is 2. The van der Waals surface area contributed by atoms with Crippen LogP contribution < -0.4 is 10.6 Å². The van der Waals surface area contributed by atoms with E-state index in [0.29, 0.717) is 16.6 Å². The first-order valence-corrected chi connectivity index (χ1v) is 7.21. The highest BCUT2D eigenvalue weighted by molar-refractivity contribution is 6.30. The summed E-state index contributed by atoms with van der Waals surface area (Å²) in [6.07, 6.45) is 1.57. The van der Waals surface area contributed by atoms with Crippen LogP contribution in [0.2, 0.25) is 5.02 Å². The van der Waals surface area contributed by atoms with Gasteiger partial charge in [0.25, 0.3) is 5.91 Å². The third kappa shape index (κ3) is 3.87. The molecule has 0 spiro atoms.